The lowest BCUT2D eigenvalue weighted by atomic mass is 9.98. The lowest BCUT2D eigenvalue weighted by Gasteiger charge is -2.33. The highest BCUT2D eigenvalue weighted by Crippen LogP contribution is 2.27. The van der Waals surface area contributed by atoms with Gasteiger partial charge in [-0.3, -0.25) is 9.69 Å². The van der Waals surface area contributed by atoms with Gasteiger partial charge in [-0.2, -0.15) is 0 Å². The van der Waals surface area contributed by atoms with Gasteiger partial charge in [-0.05, 0) is 24.5 Å². The first-order valence-corrected chi connectivity index (χ1v) is 9.49. The van der Waals surface area contributed by atoms with Crippen LogP contribution in [0.1, 0.15) is 51.0 Å². The first-order valence-electron chi connectivity index (χ1n) is 9.49. The van der Waals surface area contributed by atoms with Gasteiger partial charge in [-0.25, -0.2) is 9.59 Å². The van der Waals surface area contributed by atoms with E-state index in [1.165, 1.54) is 12.0 Å². The van der Waals surface area contributed by atoms with Gasteiger partial charge in [-0.15, -0.1) is 0 Å². The van der Waals surface area contributed by atoms with Crippen LogP contribution < -0.4 is 10.2 Å². The van der Waals surface area contributed by atoms with Gasteiger partial charge < -0.3 is 14.8 Å². The molecule has 7 nitrogen and oxygen atoms in total. The minimum atomic E-state index is -0.711. The third-order valence-corrected chi connectivity index (χ3v) is 4.57. The van der Waals surface area contributed by atoms with E-state index in [0.717, 1.165) is 37.7 Å². The normalized spacial score (nSPS) is 15.6. The zero-order chi connectivity index (χ0) is 19.6. The molecule has 0 spiro atoms. The van der Waals surface area contributed by atoms with Gasteiger partial charge >= 0.3 is 18.2 Å². The predicted octanol–water partition coefficient (Wildman–Crippen LogP) is 3.80. The van der Waals surface area contributed by atoms with Crippen molar-refractivity contribution in [2.24, 2.45) is 0 Å². The van der Waals surface area contributed by atoms with Crippen LogP contribution in [0.4, 0.5) is 15.3 Å². The Morgan fingerprint density at radius 1 is 1.15 bits per heavy atom. The smallest absolute Gasteiger partial charge is 0.422 e. The number of ether oxygens (including phenoxy) is 2. The molecule has 0 unspecified atom stereocenters. The van der Waals surface area contributed by atoms with Gasteiger partial charge in [0.15, 0.2) is 0 Å². The van der Waals surface area contributed by atoms with E-state index in [-0.39, 0.29) is 19.0 Å². The third-order valence-electron chi connectivity index (χ3n) is 4.57. The number of methoxy groups -OCH3 is 1. The van der Waals surface area contributed by atoms with E-state index in [4.69, 9.17) is 4.74 Å². The highest BCUT2D eigenvalue weighted by Gasteiger charge is 2.31. The molecule has 1 N–H and O–H groups in total. The van der Waals surface area contributed by atoms with E-state index < -0.39 is 18.2 Å². The molecule has 1 aliphatic rings. The number of nitrogens with one attached hydrogen (secondary N) is 1. The molecule has 1 aliphatic heterocycles. The second kappa shape index (κ2) is 10.5. The number of alkyl carbamates (subject to hydrolysis) is 1. The minimum absolute atomic E-state index is 0.217. The molecule has 148 valence electrons. The fourth-order valence-electron chi connectivity index (χ4n) is 3.17. The number of hydrogen-bond donors (Lipinski definition) is 1. The number of nitrogens with zero attached hydrogens (tertiary/aromatic N) is 1. The van der Waals surface area contributed by atoms with Crippen LogP contribution in [0.5, 0.6) is 0 Å². The number of fused-ring (bicyclic) bond motifs is 1. The summed E-state index contributed by atoms with van der Waals surface area (Å²) in [5.41, 5.74) is 1.59. The van der Waals surface area contributed by atoms with Crippen molar-refractivity contribution in [3.63, 3.8) is 0 Å². The van der Waals surface area contributed by atoms with Crippen LogP contribution in [0.2, 0.25) is 0 Å². The molecule has 2 rings (SSSR count). The molecule has 0 bridgehead atoms. The molecule has 0 fully saturated rings. The Labute approximate surface area is 160 Å². The summed E-state index contributed by atoms with van der Waals surface area (Å²) < 4.78 is 9.67. The summed E-state index contributed by atoms with van der Waals surface area (Å²) in [6, 6.07) is 7.06. The van der Waals surface area contributed by atoms with E-state index >= 15 is 0 Å². The van der Waals surface area contributed by atoms with E-state index in [9.17, 15) is 14.4 Å². The maximum Gasteiger partial charge on any atom is 0.422 e. The number of amides is 2. The Morgan fingerprint density at radius 3 is 2.63 bits per heavy atom. The van der Waals surface area contributed by atoms with Crippen molar-refractivity contribution in [2.45, 2.75) is 57.9 Å². The number of esters is 1. The maximum atomic E-state index is 12.5. The molecule has 1 aromatic carbocycles. The molecule has 7 heteroatoms. The van der Waals surface area contributed by atoms with Gasteiger partial charge in [0.25, 0.3) is 0 Å². The summed E-state index contributed by atoms with van der Waals surface area (Å²) in [7, 11) is 1.29. The molecule has 27 heavy (non-hydrogen) atoms. The second-order valence-corrected chi connectivity index (χ2v) is 6.68. The number of benzene rings is 1. The van der Waals surface area contributed by atoms with E-state index in [0.29, 0.717) is 12.1 Å². The average molecular weight is 376 g/mol. The van der Waals surface area contributed by atoms with Crippen LogP contribution in [0, 0.1) is 0 Å². The fourth-order valence-corrected chi connectivity index (χ4v) is 3.17. The minimum Gasteiger partial charge on any atom is -0.453 e. The Morgan fingerprint density at radius 2 is 1.89 bits per heavy atom. The molecular formula is C20H28N2O5. The van der Waals surface area contributed by atoms with Crippen LogP contribution in [0.3, 0.4) is 0 Å². The number of hydrogen-bond acceptors (Lipinski definition) is 5. The van der Waals surface area contributed by atoms with Crippen LogP contribution in [0.25, 0.3) is 0 Å². The van der Waals surface area contributed by atoms with E-state index in [2.05, 4.69) is 17.0 Å². The van der Waals surface area contributed by atoms with E-state index in [1.807, 2.05) is 18.2 Å². The average Bonchev–Trinajstić information content (AvgIpc) is 2.67. The molecule has 2 amide bonds. The van der Waals surface area contributed by atoms with Crippen molar-refractivity contribution < 1.29 is 23.9 Å². The number of anilines is 1. The molecule has 0 radical (unpaired) electrons. The number of para-hydroxylation sites is 1. The Bertz CT molecular complexity index is 662. The topological polar surface area (TPSA) is 84.9 Å². The van der Waals surface area contributed by atoms with Crippen LogP contribution in [-0.4, -0.2) is 37.9 Å². The fraction of sp³-hybridized carbons (Fsp3) is 0.550. The van der Waals surface area contributed by atoms with Gasteiger partial charge in [0.1, 0.15) is 0 Å². The zero-order valence-corrected chi connectivity index (χ0v) is 16.0. The third kappa shape index (κ3) is 6.27. The molecule has 0 aromatic heterocycles. The molecular weight excluding hydrogens is 348 g/mol. The van der Waals surface area contributed by atoms with Gasteiger partial charge in [0, 0.05) is 13.0 Å². The SMILES string of the molecule is CCCCCCCC(=O)OC(=O)N1C[C@@H](NC(=O)OC)Cc2ccccc21. The first kappa shape index (κ1) is 20.7. The lowest BCUT2D eigenvalue weighted by Crippen LogP contribution is -2.50. The largest absolute Gasteiger partial charge is 0.453 e. The molecule has 0 aliphatic carbocycles. The molecule has 0 saturated heterocycles. The van der Waals surface area contributed by atoms with E-state index in [1.54, 1.807) is 6.07 Å². The van der Waals surface area contributed by atoms with Crippen molar-refractivity contribution in [3.05, 3.63) is 29.8 Å². The maximum absolute atomic E-state index is 12.5. The van der Waals surface area contributed by atoms with Crippen LogP contribution in [-0.2, 0) is 20.7 Å². The summed E-state index contributed by atoms with van der Waals surface area (Å²) in [4.78, 5) is 37.4. The molecule has 1 aromatic rings. The monoisotopic (exact) mass is 376 g/mol. The highest BCUT2D eigenvalue weighted by atomic mass is 16.6. The van der Waals surface area contributed by atoms with Gasteiger partial charge in [0.05, 0.1) is 18.8 Å². The van der Waals surface area contributed by atoms with Crippen LogP contribution >= 0.6 is 0 Å². The van der Waals surface area contributed by atoms with Crippen molar-refractivity contribution in [1.82, 2.24) is 5.32 Å². The quantitative estimate of drug-likeness (QED) is 0.444. The summed E-state index contributed by atoms with van der Waals surface area (Å²) in [5, 5.41) is 2.71. The van der Waals surface area contributed by atoms with Crippen molar-refractivity contribution in [1.29, 1.82) is 0 Å². The lowest BCUT2D eigenvalue weighted by molar-refractivity contribution is -0.137. The highest BCUT2D eigenvalue weighted by molar-refractivity contribution is 5.96. The molecule has 1 heterocycles. The van der Waals surface area contributed by atoms with Crippen molar-refractivity contribution in [2.75, 3.05) is 18.6 Å². The second-order valence-electron chi connectivity index (χ2n) is 6.68. The number of rotatable bonds is 7. The Kier molecular flexibility index (Phi) is 8.10. The summed E-state index contributed by atoms with van der Waals surface area (Å²) >= 11 is 0. The first-order chi connectivity index (χ1) is 13.0. The van der Waals surface area contributed by atoms with Crippen LogP contribution in [0.15, 0.2) is 24.3 Å². The van der Waals surface area contributed by atoms with Crippen molar-refractivity contribution in [3.8, 4) is 0 Å². The molecule has 0 saturated carbocycles. The Balaban J connectivity index is 1.96. The zero-order valence-electron chi connectivity index (χ0n) is 16.0. The van der Waals surface area contributed by atoms with Gasteiger partial charge in [0.2, 0.25) is 0 Å². The molecule has 1 atom stereocenters. The number of carbonyl (C=O) groups is 3. The van der Waals surface area contributed by atoms with Gasteiger partial charge in [-0.1, -0.05) is 50.8 Å². The predicted molar refractivity (Wildman–Crippen MR) is 102 cm³/mol. The number of carbonyl (C=O) groups excluding carboxylic acids is 3. The summed E-state index contributed by atoms with van der Waals surface area (Å²) in [6.07, 6.45) is 4.57. The number of unbranched alkanes of at least 4 members (excludes halogenated alkanes) is 4. The van der Waals surface area contributed by atoms with Crippen molar-refractivity contribution >= 4 is 23.8 Å². The summed E-state index contributed by atoms with van der Waals surface area (Å²) in [6.45, 7) is 2.35. The Hall–Kier alpha value is -2.57. The summed E-state index contributed by atoms with van der Waals surface area (Å²) in [5.74, 6) is -0.517. The standard InChI is InChI=1S/C20H28N2O5/c1-3-4-5-6-7-12-18(23)27-20(25)22-14-16(21-19(24)26-2)13-15-10-8-9-11-17(15)22/h8-11,16H,3-7,12-14H2,1-2H3,(H,21,24)/t16-/m0/s1.